The van der Waals surface area contributed by atoms with Gasteiger partial charge in [0.1, 0.15) is 0 Å². The quantitative estimate of drug-likeness (QED) is 0.708. The van der Waals surface area contributed by atoms with Gasteiger partial charge in [0.25, 0.3) is 5.91 Å². The van der Waals surface area contributed by atoms with Gasteiger partial charge < -0.3 is 14.2 Å². The maximum Gasteiger partial charge on any atom is 0.261 e. The van der Waals surface area contributed by atoms with Crippen LogP contribution in [0.4, 0.5) is 5.13 Å². The molecule has 0 aliphatic carbocycles. The maximum absolute atomic E-state index is 12.7. The molecule has 0 radical (unpaired) electrons. The Morgan fingerprint density at radius 2 is 1.69 bits per heavy atom. The molecule has 0 unspecified atom stereocenters. The Kier molecular flexibility index (Phi) is 5.38. The molecule has 0 atom stereocenters. The third kappa shape index (κ3) is 3.48. The first-order valence-electron chi connectivity index (χ1n) is 7.79. The van der Waals surface area contributed by atoms with Crippen molar-refractivity contribution in [2.75, 3.05) is 26.6 Å². The van der Waals surface area contributed by atoms with Crippen molar-refractivity contribution in [2.45, 2.75) is 0 Å². The molecular weight excluding hydrogens is 352 g/mol. The molecule has 1 amide bonds. The van der Waals surface area contributed by atoms with Crippen LogP contribution in [0.1, 0.15) is 10.4 Å². The van der Waals surface area contributed by atoms with E-state index in [2.05, 4.69) is 10.3 Å². The van der Waals surface area contributed by atoms with E-state index in [4.69, 9.17) is 14.2 Å². The van der Waals surface area contributed by atoms with Crippen molar-refractivity contribution in [3.8, 4) is 28.5 Å². The third-order valence-corrected chi connectivity index (χ3v) is 4.50. The van der Waals surface area contributed by atoms with Crippen molar-refractivity contribution in [1.29, 1.82) is 0 Å². The highest BCUT2D eigenvalue weighted by atomic mass is 32.1. The monoisotopic (exact) mass is 370 g/mol. The van der Waals surface area contributed by atoms with E-state index in [1.54, 1.807) is 12.1 Å². The van der Waals surface area contributed by atoms with Gasteiger partial charge in [-0.15, -0.1) is 11.3 Å². The summed E-state index contributed by atoms with van der Waals surface area (Å²) in [5.41, 5.74) is 2.14. The Hall–Kier alpha value is -3.06. The topological polar surface area (TPSA) is 69.7 Å². The van der Waals surface area contributed by atoms with Crippen molar-refractivity contribution < 1.29 is 19.0 Å². The second-order valence-corrected chi connectivity index (χ2v) is 6.10. The van der Waals surface area contributed by atoms with Gasteiger partial charge in [0.05, 0.1) is 32.6 Å². The number of thiazole rings is 1. The number of hydrogen-bond donors (Lipinski definition) is 1. The molecule has 134 valence electrons. The Bertz CT molecular complexity index is 909. The van der Waals surface area contributed by atoms with Gasteiger partial charge in [0, 0.05) is 10.9 Å². The summed E-state index contributed by atoms with van der Waals surface area (Å²) in [6.45, 7) is 0. The van der Waals surface area contributed by atoms with Crippen LogP contribution in [0, 0.1) is 0 Å². The summed E-state index contributed by atoms with van der Waals surface area (Å²) in [6, 6.07) is 13.1. The molecule has 0 aliphatic rings. The van der Waals surface area contributed by atoms with Crippen LogP contribution in [-0.4, -0.2) is 32.2 Å². The molecule has 0 bridgehead atoms. The highest BCUT2D eigenvalue weighted by Crippen LogP contribution is 2.40. The molecule has 3 rings (SSSR count). The summed E-state index contributed by atoms with van der Waals surface area (Å²) in [5, 5.41) is 5.21. The van der Waals surface area contributed by atoms with Gasteiger partial charge in [-0.1, -0.05) is 30.3 Å². The maximum atomic E-state index is 12.7. The van der Waals surface area contributed by atoms with Gasteiger partial charge in [0.2, 0.25) is 5.75 Å². The summed E-state index contributed by atoms with van der Waals surface area (Å²) < 4.78 is 15.9. The predicted octanol–water partition coefficient (Wildman–Crippen LogP) is 4.09. The summed E-state index contributed by atoms with van der Waals surface area (Å²) in [5.74, 6) is 0.828. The van der Waals surface area contributed by atoms with E-state index in [1.165, 1.54) is 32.7 Å². The Labute approximate surface area is 155 Å². The fourth-order valence-electron chi connectivity index (χ4n) is 2.52. The van der Waals surface area contributed by atoms with E-state index >= 15 is 0 Å². The number of hydrogen-bond acceptors (Lipinski definition) is 6. The molecule has 0 saturated carbocycles. The minimum Gasteiger partial charge on any atom is -0.493 e. The van der Waals surface area contributed by atoms with Crippen molar-refractivity contribution in [3.63, 3.8) is 0 Å². The third-order valence-electron chi connectivity index (χ3n) is 3.74. The van der Waals surface area contributed by atoms with Crippen molar-refractivity contribution >= 4 is 22.4 Å². The highest BCUT2D eigenvalue weighted by molar-refractivity contribution is 7.14. The van der Waals surface area contributed by atoms with Crippen LogP contribution in [0.25, 0.3) is 11.3 Å². The minimum atomic E-state index is -0.336. The molecule has 7 heteroatoms. The van der Waals surface area contributed by atoms with Gasteiger partial charge in [-0.3, -0.25) is 10.1 Å². The molecule has 6 nitrogen and oxygen atoms in total. The summed E-state index contributed by atoms with van der Waals surface area (Å²) in [7, 11) is 4.50. The van der Waals surface area contributed by atoms with E-state index < -0.39 is 0 Å². The minimum absolute atomic E-state index is 0.309. The molecule has 0 saturated heterocycles. The van der Waals surface area contributed by atoms with Gasteiger partial charge >= 0.3 is 0 Å². The molecule has 2 aromatic carbocycles. The summed E-state index contributed by atoms with van der Waals surface area (Å²) >= 11 is 1.36. The second-order valence-electron chi connectivity index (χ2n) is 5.24. The Morgan fingerprint density at radius 1 is 0.962 bits per heavy atom. The lowest BCUT2D eigenvalue weighted by molar-refractivity contribution is 0.102. The smallest absolute Gasteiger partial charge is 0.261 e. The van der Waals surface area contributed by atoms with E-state index in [9.17, 15) is 4.79 Å². The van der Waals surface area contributed by atoms with E-state index in [-0.39, 0.29) is 5.91 Å². The zero-order valence-electron chi connectivity index (χ0n) is 14.6. The number of nitrogens with one attached hydrogen (secondary N) is 1. The number of amides is 1. The van der Waals surface area contributed by atoms with Crippen molar-refractivity contribution in [1.82, 2.24) is 4.98 Å². The molecule has 1 N–H and O–H groups in total. The van der Waals surface area contributed by atoms with Gasteiger partial charge in [-0.2, -0.15) is 0 Å². The van der Waals surface area contributed by atoms with Crippen molar-refractivity contribution in [2.24, 2.45) is 0 Å². The number of benzene rings is 2. The molecule has 0 fully saturated rings. The molecule has 26 heavy (non-hydrogen) atoms. The second kappa shape index (κ2) is 7.88. The molecule has 1 aromatic heterocycles. The Morgan fingerprint density at radius 3 is 2.35 bits per heavy atom. The number of carbonyl (C=O) groups excluding carboxylic acids is 1. The van der Waals surface area contributed by atoms with E-state index in [1.807, 2.05) is 35.7 Å². The first kappa shape index (κ1) is 17.8. The van der Waals surface area contributed by atoms with Crippen LogP contribution in [0.2, 0.25) is 0 Å². The first-order valence-corrected chi connectivity index (χ1v) is 8.67. The van der Waals surface area contributed by atoms with E-state index in [0.29, 0.717) is 27.9 Å². The standard InChI is InChI=1S/C19H18N2O4S/c1-23-15-10-9-13(16(24-2)17(15)25-3)18(22)21-19-20-14(11-26-19)12-7-5-4-6-8-12/h4-11H,1-3H3,(H,20,21,22). The van der Waals surface area contributed by atoms with Crippen LogP contribution in [0.15, 0.2) is 47.8 Å². The van der Waals surface area contributed by atoms with Gasteiger partial charge in [-0.05, 0) is 12.1 Å². The first-order chi connectivity index (χ1) is 12.7. The zero-order chi connectivity index (χ0) is 18.5. The van der Waals surface area contributed by atoms with Crippen molar-refractivity contribution in [3.05, 3.63) is 53.4 Å². The summed E-state index contributed by atoms with van der Waals surface area (Å²) in [6.07, 6.45) is 0. The van der Waals surface area contributed by atoms with Crippen LogP contribution >= 0.6 is 11.3 Å². The number of rotatable bonds is 6. The van der Waals surface area contributed by atoms with Crippen LogP contribution in [0.5, 0.6) is 17.2 Å². The normalized spacial score (nSPS) is 10.3. The Balaban J connectivity index is 1.86. The lowest BCUT2D eigenvalue weighted by atomic mass is 10.1. The average molecular weight is 370 g/mol. The van der Waals surface area contributed by atoms with Gasteiger partial charge in [0.15, 0.2) is 16.6 Å². The lowest BCUT2D eigenvalue weighted by Crippen LogP contribution is -2.13. The highest BCUT2D eigenvalue weighted by Gasteiger charge is 2.21. The molecule has 0 aliphatic heterocycles. The van der Waals surface area contributed by atoms with Crippen LogP contribution in [0.3, 0.4) is 0 Å². The zero-order valence-corrected chi connectivity index (χ0v) is 15.4. The number of ether oxygens (including phenoxy) is 3. The summed E-state index contributed by atoms with van der Waals surface area (Å²) in [4.78, 5) is 17.2. The number of anilines is 1. The largest absolute Gasteiger partial charge is 0.493 e. The van der Waals surface area contributed by atoms with Crippen LogP contribution < -0.4 is 19.5 Å². The van der Waals surface area contributed by atoms with Gasteiger partial charge in [-0.25, -0.2) is 4.98 Å². The molecule has 3 aromatic rings. The number of methoxy groups -OCH3 is 3. The molecular formula is C19H18N2O4S. The molecule has 1 heterocycles. The van der Waals surface area contributed by atoms with E-state index in [0.717, 1.165) is 11.3 Å². The fraction of sp³-hybridized carbons (Fsp3) is 0.158. The fourth-order valence-corrected chi connectivity index (χ4v) is 3.23. The number of carbonyl (C=O) groups is 1. The molecule has 0 spiro atoms. The lowest BCUT2D eigenvalue weighted by Gasteiger charge is -2.15. The number of aromatic nitrogens is 1. The SMILES string of the molecule is COc1ccc(C(=O)Nc2nc(-c3ccccc3)cs2)c(OC)c1OC. The predicted molar refractivity (Wildman–Crippen MR) is 102 cm³/mol. The average Bonchev–Trinajstić information content (AvgIpc) is 3.15. The number of nitrogens with zero attached hydrogens (tertiary/aromatic N) is 1. The van der Waals surface area contributed by atoms with Crippen LogP contribution in [-0.2, 0) is 0 Å².